The number of hydrogen-bond acceptors (Lipinski definition) is 3. The van der Waals surface area contributed by atoms with Crippen LogP contribution >= 0.6 is 0 Å². The zero-order chi connectivity index (χ0) is 14.4. The number of nitrogens with one attached hydrogen (secondary N) is 1. The van der Waals surface area contributed by atoms with Gasteiger partial charge in [-0.25, -0.2) is 0 Å². The van der Waals surface area contributed by atoms with Gasteiger partial charge in [0.05, 0.1) is 6.04 Å². The van der Waals surface area contributed by atoms with E-state index in [4.69, 9.17) is 5.73 Å². The number of nitrogens with two attached hydrogens (primary N) is 1. The summed E-state index contributed by atoms with van der Waals surface area (Å²) in [6.07, 6.45) is 0.507. The summed E-state index contributed by atoms with van der Waals surface area (Å²) in [7, 11) is 0. The van der Waals surface area contributed by atoms with Gasteiger partial charge in [0.15, 0.2) is 0 Å². The van der Waals surface area contributed by atoms with Gasteiger partial charge in [0, 0.05) is 6.54 Å². The molecule has 1 unspecified atom stereocenters. The molecule has 2 aromatic carbocycles. The summed E-state index contributed by atoms with van der Waals surface area (Å²) >= 11 is 0. The number of rotatable bonds is 5. The van der Waals surface area contributed by atoms with Gasteiger partial charge in [-0.3, -0.25) is 4.79 Å². The molecular formula is C16H18N2O2. The van der Waals surface area contributed by atoms with Crippen LogP contribution in [0.3, 0.4) is 0 Å². The van der Waals surface area contributed by atoms with Crippen molar-refractivity contribution in [1.29, 1.82) is 0 Å². The minimum absolute atomic E-state index is 0.185. The van der Waals surface area contributed by atoms with Gasteiger partial charge >= 0.3 is 0 Å². The smallest absolute Gasteiger partial charge is 0.237 e. The molecule has 0 heterocycles. The average Bonchev–Trinajstić information content (AvgIpc) is 2.46. The highest BCUT2D eigenvalue weighted by atomic mass is 16.3. The summed E-state index contributed by atoms with van der Waals surface area (Å²) in [6.45, 7) is 0.357. The lowest BCUT2D eigenvalue weighted by atomic mass is 10.1. The predicted molar refractivity (Wildman–Crippen MR) is 78.1 cm³/mol. The number of amides is 1. The molecule has 1 amide bonds. The lowest BCUT2D eigenvalue weighted by Gasteiger charge is -2.12. The van der Waals surface area contributed by atoms with Gasteiger partial charge in [-0.05, 0) is 29.7 Å². The van der Waals surface area contributed by atoms with Crippen LogP contribution in [0.25, 0.3) is 0 Å². The molecule has 0 bridgehead atoms. The lowest BCUT2D eigenvalue weighted by Crippen LogP contribution is -2.41. The molecule has 4 N–H and O–H groups in total. The topological polar surface area (TPSA) is 75.4 Å². The molecule has 0 radical (unpaired) electrons. The Balaban J connectivity index is 1.85. The fourth-order valence-electron chi connectivity index (χ4n) is 1.95. The van der Waals surface area contributed by atoms with Crippen molar-refractivity contribution < 1.29 is 9.90 Å². The van der Waals surface area contributed by atoms with Crippen LogP contribution in [-0.4, -0.2) is 17.1 Å². The van der Waals surface area contributed by atoms with Crippen molar-refractivity contribution in [3.8, 4) is 5.75 Å². The monoisotopic (exact) mass is 270 g/mol. The number of phenolic OH excluding ortho intramolecular Hbond substituents is 1. The third-order valence-corrected chi connectivity index (χ3v) is 3.01. The number of carbonyl (C=O) groups is 1. The Kier molecular flexibility index (Phi) is 4.74. The van der Waals surface area contributed by atoms with Crippen LogP contribution in [0, 0.1) is 0 Å². The molecule has 2 rings (SSSR count). The van der Waals surface area contributed by atoms with E-state index in [1.165, 1.54) is 0 Å². The third kappa shape index (κ3) is 4.10. The molecule has 0 fully saturated rings. The average molecular weight is 270 g/mol. The van der Waals surface area contributed by atoms with Crippen LogP contribution in [0.15, 0.2) is 54.6 Å². The Labute approximate surface area is 118 Å². The van der Waals surface area contributed by atoms with Crippen LogP contribution < -0.4 is 11.1 Å². The van der Waals surface area contributed by atoms with E-state index >= 15 is 0 Å². The van der Waals surface area contributed by atoms with Gasteiger partial charge in [-0.15, -0.1) is 0 Å². The Hall–Kier alpha value is -2.33. The first-order chi connectivity index (χ1) is 9.65. The normalized spacial score (nSPS) is 11.8. The van der Waals surface area contributed by atoms with E-state index in [0.717, 1.165) is 11.1 Å². The Morgan fingerprint density at radius 3 is 2.50 bits per heavy atom. The summed E-state index contributed by atoms with van der Waals surface area (Å²) in [6, 6.07) is 15.9. The summed E-state index contributed by atoms with van der Waals surface area (Å²) in [5.41, 5.74) is 7.75. The maximum Gasteiger partial charge on any atom is 0.237 e. The van der Waals surface area contributed by atoms with E-state index in [1.54, 1.807) is 18.2 Å². The second-order valence-corrected chi connectivity index (χ2v) is 4.68. The first kappa shape index (κ1) is 14.1. The highest BCUT2D eigenvalue weighted by molar-refractivity contribution is 5.81. The van der Waals surface area contributed by atoms with E-state index in [-0.39, 0.29) is 11.7 Å². The molecular weight excluding hydrogens is 252 g/mol. The fraction of sp³-hybridized carbons (Fsp3) is 0.188. The lowest BCUT2D eigenvalue weighted by molar-refractivity contribution is -0.122. The van der Waals surface area contributed by atoms with E-state index in [9.17, 15) is 9.90 Å². The summed E-state index contributed by atoms with van der Waals surface area (Å²) in [4.78, 5) is 11.9. The number of benzene rings is 2. The number of aromatic hydroxyl groups is 1. The second-order valence-electron chi connectivity index (χ2n) is 4.68. The molecule has 4 heteroatoms. The maximum atomic E-state index is 11.9. The van der Waals surface area contributed by atoms with Gasteiger partial charge in [-0.1, -0.05) is 42.5 Å². The van der Waals surface area contributed by atoms with Crippen molar-refractivity contribution in [2.24, 2.45) is 5.73 Å². The number of phenols is 1. The molecule has 0 aliphatic rings. The van der Waals surface area contributed by atoms with Crippen LogP contribution in [0.1, 0.15) is 11.1 Å². The molecule has 4 nitrogen and oxygen atoms in total. The van der Waals surface area contributed by atoms with Crippen molar-refractivity contribution in [3.05, 3.63) is 65.7 Å². The summed E-state index contributed by atoms with van der Waals surface area (Å²) in [5, 5.41) is 12.1. The first-order valence-electron chi connectivity index (χ1n) is 6.50. The molecule has 2 aromatic rings. The van der Waals surface area contributed by atoms with Gasteiger partial charge in [0.2, 0.25) is 5.91 Å². The number of hydrogen-bond donors (Lipinski definition) is 3. The highest BCUT2D eigenvalue weighted by Crippen LogP contribution is 2.10. The van der Waals surface area contributed by atoms with Crippen LogP contribution in [0.2, 0.25) is 0 Å². The van der Waals surface area contributed by atoms with Gasteiger partial charge in [0.1, 0.15) is 5.75 Å². The minimum atomic E-state index is -0.574. The summed E-state index contributed by atoms with van der Waals surface area (Å²) in [5.74, 6) is -0.0115. The van der Waals surface area contributed by atoms with Crippen molar-refractivity contribution in [2.75, 3.05) is 0 Å². The molecule has 1 atom stereocenters. The largest absolute Gasteiger partial charge is 0.508 e. The molecule has 104 valence electrons. The Morgan fingerprint density at radius 2 is 1.80 bits per heavy atom. The van der Waals surface area contributed by atoms with Gasteiger partial charge in [-0.2, -0.15) is 0 Å². The molecule has 0 spiro atoms. The quantitative estimate of drug-likeness (QED) is 0.772. The standard InChI is InChI=1S/C16H18N2O2/c17-15(10-12-5-2-1-3-6-12)16(20)18-11-13-7-4-8-14(19)9-13/h1-9,15,19H,10-11,17H2,(H,18,20). The zero-order valence-electron chi connectivity index (χ0n) is 11.1. The van der Waals surface area contributed by atoms with Crippen molar-refractivity contribution >= 4 is 5.91 Å². The van der Waals surface area contributed by atoms with Crippen molar-refractivity contribution in [3.63, 3.8) is 0 Å². The fourth-order valence-corrected chi connectivity index (χ4v) is 1.95. The molecule has 0 saturated carbocycles. The first-order valence-corrected chi connectivity index (χ1v) is 6.50. The Bertz CT molecular complexity index is 570. The van der Waals surface area contributed by atoms with Crippen LogP contribution in [-0.2, 0) is 17.8 Å². The molecule has 0 aromatic heterocycles. The van der Waals surface area contributed by atoms with Gasteiger partial charge in [0.25, 0.3) is 0 Å². The SMILES string of the molecule is NC(Cc1ccccc1)C(=O)NCc1cccc(O)c1. The van der Waals surface area contributed by atoms with E-state index in [2.05, 4.69) is 5.32 Å². The zero-order valence-corrected chi connectivity index (χ0v) is 11.1. The van der Waals surface area contributed by atoms with Crippen LogP contribution in [0.5, 0.6) is 5.75 Å². The maximum absolute atomic E-state index is 11.9. The van der Waals surface area contributed by atoms with E-state index in [1.807, 2.05) is 36.4 Å². The van der Waals surface area contributed by atoms with E-state index in [0.29, 0.717) is 13.0 Å². The predicted octanol–water partition coefficient (Wildman–Crippen LogP) is 1.58. The van der Waals surface area contributed by atoms with Crippen molar-refractivity contribution in [1.82, 2.24) is 5.32 Å². The molecule has 0 saturated heterocycles. The van der Waals surface area contributed by atoms with Gasteiger partial charge < -0.3 is 16.2 Å². The molecule has 0 aliphatic heterocycles. The van der Waals surface area contributed by atoms with E-state index < -0.39 is 6.04 Å². The Morgan fingerprint density at radius 1 is 1.10 bits per heavy atom. The second kappa shape index (κ2) is 6.73. The molecule has 20 heavy (non-hydrogen) atoms. The molecule has 0 aliphatic carbocycles. The van der Waals surface area contributed by atoms with Crippen LogP contribution in [0.4, 0.5) is 0 Å². The third-order valence-electron chi connectivity index (χ3n) is 3.01. The summed E-state index contributed by atoms with van der Waals surface area (Å²) < 4.78 is 0. The minimum Gasteiger partial charge on any atom is -0.508 e. The van der Waals surface area contributed by atoms with Crippen molar-refractivity contribution in [2.45, 2.75) is 19.0 Å². The number of carbonyl (C=O) groups excluding carboxylic acids is 1. The highest BCUT2D eigenvalue weighted by Gasteiger charge is 2.13.